The summed E-state index contributed by atoms with van der Waals surface area (Å²) in [7, 11) is -1.60. The van der Waals surface area contributed by atoms with Crippen molar-refractivity contribution in [1.82, 2.24) is 14.6 Å². The number of hydrogen-bond donors (Lipinski definition) is 1. The number of nitrogens with one attached hydrogen (secondary N) is 1. The monoisotopic (exact) mass is 303 g/mol. The van der Waals surface area contributed by atoms with Crippen LogP contribution in [0.15, 0.2) is 35.5 Å². The summed E-state index contributed by atoms with van der Waals surface area (Å²) in [5.74, 6) is 0. The Bertz CT molecular complexity index is 774. The predicted octanol–water partition coefficient (Wildman–Crippen LogP) is -0.524. The first-order valence-corrected chi connectivity index (χ1v) is 8.51. The standard InChI is InChI=1S/C14H18BN3O2S/c1-10-7-16-5-6-18(10)21(19,20)13-4-2-3-11-8-17-9-12(15)14(11)13/h2-4,8-10,16H,5-7,15H2,1H3/t10-/m0/s1. The molecule has 0 saturated carbocycles. The molecule has 1 aliphatic rings. The zero-order valence-corrected chi connectivity index (χ0v) is 13.0. The van der Waals surface area contributed by atoms with Gasteiger partial charge in [-0.25, -0.2) is 8.42 Å². The highest BCUT2D eigenvalue weighted by molar-refractivity contribution is 7.89. The zero-order valence-electron chi connectivity index (χ0n) is 12.2. The molecule has 2 aromatic rings. The molecular weight excluding hydrogens is 285 g/mol. The average molecular weight is 303 g/mol. The van der Waals surface area contributed by atoms with Gasteiger partial charge >= 0.3 is 0 Å². The fraction of sp³-hybridized carbons (Fsp3) is 0.357. The Morgan fingerprint density at radius 1 is 1.38 bits per heavy atom. The molecule has 0 spiro atoms. The topological polar surface area (TPSA) is 62.3 Å². The highest BCUT2D eigenvalue weighted by atomic mass is 32.2. The van der Waals surface area contributed by atoms with Crippen molar-refractivity contribution >= 4 is 34.1 Å². The van der Waals surface area contributed by atoms with Gasteiger partial charge in [0.15, 0.2) is 0 Å². The predicted molar refractivity (Wildman–Crippen MR) is 86.1 cm³/mol. The minimum Gasteiger partial charge on any atom is -0.314 e. The van der Waals surface area contributed by atoms with E-state index in [2.05, 4.69) is 10.3 Å². The smallest absolute Gasteiger partial charge is 0.243 e. The number of hydrogen-bond acceptors (Lipinski definition) is 4. The number of benzene rings is 1. The Hall–Kier alpha value is -1.44. The Morgan fingerprint density at radius 2 is 2.19 bits per heavy atom. The van der Waals surface area contributed by atoms with Crippen LogP contribution in [-0.4, -0.2) is 51.2 Å². The minimum atomic E-state index is -3.49. The molecule has 1 N–H and O–H groups in total. The molecule has 1 aromatic heterocycles. The van der Waals surface area contributed by atoms with E-state index in [0.29, 0.717) is 24.5 Å². The van der Waals surface area contributed by atoms with Crippen molar-refractivity contribution in [3.05, 3.63) is 30.6 Å². The van der Waals surface area contributed by atoms with Crippen LogP contribution in [0.1, 0.15) is 6.92 Å². The van der Waals surface area contributed by atoms with E-state index in [4.69, 9.17) is 0 Å². The second-order valence-electron chi connectivity index (χ2n) is 5.48. The molecule has 0 amide bonds. The number of aromatic nitrogens is 1. The van der Waals surface area contributed by atoms with Crippen molar-refractivity contribution in [2.24, 2.45) is 0 Å². The van der Waals surface area contributed by atoms with Crippen molar-refractivity contribution in [2.45, 2.75) is 17.9 Å². The molecule has 0 unspecified atom stereocenters. The number of nitrogens with zero attached hydrogens (tertiary/aromatic N) is 2. The molecule has 0 aliphatic carbocycles. The van der Waals surface area contributed by atoms with Gasteiger partial charge in [0.05, 0.1) is 4.90 Å². The Balaban J connectivity index is 2.19. The fourth-order valence-electron chi connectivity index (χ4n) is 2.89. The van der Waals surface area contributed by atoms with Crippen molar-refractivity contribution in [3.8, 4) is 0 Å². The summed E-state index contributed by atoms with van der Waals surface area (Å²) < 4.78 is 27.7. The summed E-state index contributed by atoms with van der Waals surface area (Å²) in [5, 5.41) is 4.86. The van der Waals surface area contributed by atoms with Gasteiger partial charge in [-0.15, -0.1) is 0 Å². The van der Waals surface area contributed by atoms with Crippen LogP contribution in [-0.2, 0) is 10.0 Å². The summed E-state index contributed by atoms with van der Waals surface area (Å²) in [6.45, 7) is 3.81. The van der Waals surface area contributed by atoms with E-state index in [1.807, 2.05) is 20.8 Å². The van der Waals surface area contributed by atoms with Gasteiger partial charge in [0, 0.05) is 43.5 Å². The number of fused-ring (bicyclic) bond motifs is 1. The fourth-order valence-corrected chi connectivity index (χ4v) is 4.81. The third kappa shape index (κ3) is 2.45. The van der Waals surface area contributed by atoms with E-state index in [1.54, 1.807) is 28.8 Å². The van der Waals surface area contributed by atoms with E-state index < -0.39 is 10.0 Å². The van der Waals surface area contributed by atoms with Gasteiger partial charge in [-0.3, -0.25) is 4.98 Å². The number of piperazine rings is 1. The molecule has 2 heterocycles. The van der Waals surface area contributed by atoms with E-state index in [0.717, 1.165) is 16.2 Å². The maximum atomic E-state index is 13.0. The lowest BCUT2D eigenvalue weighted by atomic mass is 9.93. The highest BCUT2D eigenvalue weighted by Gasteiger charge is 2.32. The maximum absolute atomic E-state index is 13.0. The van der Waals surface area contributed by atoms with Crippen LogP contribution in [0.2, 0.25) is 0 Å². The normalized spacial score (nSPS) is 20.7. The molecule has 3 rings (SSSR count). The summed E-state index contributed by atoms with van der Waals surface area (Å²) in [5.41, 5.74) is 0.884. The van der Waals surface area contributed by atoms with E-state index >= 15 is 0 Å². The van der Waals surface area contributed by atoms with Gasteiger partial charge in [-0.2, -0.15) is 4.31 Å². The Labute approximate surface area is 125 Å². The first-order chi connectivity index (χ1) is 10.0. The van der Waals surface area contributed by atoms with Crippen LogP contribution in [0.3, 0.4) is 0 Å². The van der Waals surface area contributed by atoms with Gasteiger partial charge in [0.25, 0.3) is 0 Å². The molecule has 1 saturated heterocycles. The van der Waals surface area contributed by atoms with Gasteiger partial charge in [-0.05, 0) is 18.4 Å². The number of pyridine rings is 1. The summed E-state index contributed by atoms with van der Waals surface area (Å²) in [6, 6.07) is 5.33. The van der Waals surface area contributed by atoms with Gasteiger partial charge in [-0.1, -0.05) is 17.6 Å². The van der Waals surface area contributed by atoms with E-state index in [-0.39, 0.29) is 6.04 Å². The molecule has 1 aliphatic heterocycles. The third-order valence-corrected chi connectivity index (χ3v) is 6.02. The van der Waals surface area contributed by atoms with Crippen LogP contribution < -0.4 is 10.8 Å². The molecule has 110 valence electrons. The van der Waals surface area contributed by atoms with Crippen molar-refractivity contribution in [1.29, 1.82) is 0 Å². The first kappa shape index (κ1) is 14.5. The summed E-state index contributed by atoms with van der Waals surface area (Å²) in [4.78, 5) is 4.53. The molecule has 1 fully saturated rings. The van der Waals surface area contributed by atoms with Crippen LogP contribution in [0.25, 0.3) is 10.8 Å². The SMILES string of the molecule is Bc1cncc2cccc(S(=O)(=O)N3CCNC[C@@H]3C)c12. The third-order valence-electron chi connectivity index (χ3n) is 3.96. The number of rotatable bonds is 2. The van der Waals surface area contributed by atoms with Crippen molar-refractivity contribution < 1.29 is 8.42 Å². The highest BCUT2D eigenvalue weighted by Crippen LogP contribution is 2.25. The maximum Gasteiger partial charge on any atom is 0.243 e. The number of sulfonamides is 1. The summed E-state index contributed by atoms with van der Waals surface area (Å²) >= 11 is 0. The Morgan fingerprint density at radius 3 is 2.95 bits per heavy atom. The molecule has 1 aromatic carbocycles. The van der Waals surface area contributed by atoms with Crippen molar-refractivity contribution in [3.63, 3.8) is 0 Å². The largest absolute Gasteiger partial charge is 0.314 e. The molecule has 7 heteroatoms. The van der Waals surface area contributed by atoms with Crippen LogP contribution >= 0.6 is 0 Å². The first-order valence-electron chi connectivity index (χ1n) is 7.07. The molecule has 21 heavy (non-hydrogen) atoms. The van der Waals surface area contributed by atoms with Crippen LogP contribution in [0, 0.1) is 0 Å². The molecule has 1 atom stereocenters. The van der Waals surface area contributed by atoms with E-state index in [9.17, 15) is 8.42 Å². The van der Waals surface area contributed by atoms with Gasteiger partial charge < -0.3 is 5.32 Å². The molecular formula is C14H18BN3O2S. The quantitative estimate of drug-likeness (QED) is 0.758. The molecule has 5 nitrogen and oxygen atoms in total. The zero-order chi connectivity index (χ0) is 15.0. The van der Waals surface area contributed by atoms with Gasteiger partial charge in [0.1, 0.15) is 7.85 Å². The minimum absolute atomic E-state index is 0.0406. The van der Waals surface area contributed by atoms with Crippen LogP contribution in [0.4, 0.5) is 0 Å². The lowest BCUT2D eigenvalue weighted by molar-refractivity contribution is 0.284. The van der Waals surface area contributed by atoms with E-state index in [1.165, 1.54) is 0 Å². The average Bonchev–Trinajstić information content (AvgIpc) is 2.47. The van der Waals surface area contributed by atoms with Crippen LogP contribution in [0.5, 0.6) is 0 Å². The molecule has 0 bridgehead atoms. The lowest BCUT2D eigenvalue weighted by Crippen LogP contribution is -2.52. The summed E-state index contributed by atoms with van der Waals surface area (Å²) in [6.07, 6.45) is 3.42. The lowest BCUT2D eigenvalue weighted by Gasteiger charge is -2.33. The Kier molecular flexibility index (Phi) is 3.73. The second kappa shape index (κ2) is 5.40. The second-order valence-corrected chi connectivity index (χ2v) is 7.34. The van der Waals surface area contributed by atoms with Crippen molar-refractivity contribution in [2.75, 3.05) is 19.6 Å². The van der Waals surface area contributed by atoms with Gasteiger partial charge in [0.2, 0.25) is 10.0 Å². The molecule has 0 radical (unpaired) electrons.